The van der Waals surface area contributed by atoms with E-state index in [-0.39, 0.29) is 11.8 Å². The number of thiocarbonyl (C=S) groups is 1. The molecule has 0 aliphatic rings. The standard InChI is InChI=1S/C15H30N2OS/c1-4-7-8-9-11-17(12-10-14(16)19)15(18)13(5-2)6-3/h13H,4-12H2,1-3H3,(H2,16,19). The van der Waals surface area contributed by atoms with Crippen LogP contribution in [-0.4, -0.2) is 28.9 Å². The molecule has 0 aliphatic heterocycles. The molecule has 1 amide bonds. The fourth-order valence-corrected chi connectivity index (χ4v) is 2.29. The van der Waals surface area contributed by atoms with E-state index in [1.807, 2.05) is 4.90 Å². The number of unbranched alkanes of at least 4 members (excludes halogenated alkanes) is 3. The predicted molar refractivity (Wildman–Crippen MR) is 86.2 cm³/mol. The molecular formula is C15H30N2OS. The second kappa shape index (κ2) is 11.2. The summed E-state index contributed by atoms with van der Waals surface area (Å²) in [6, 6.07) is 0. The number of carbonyl (C=O) groups is 1. The van der Waals surface area contributed by atoms with Crippen LogP contribution in [0.1, 0.15) is 65.7 Å². The van der Waals surface area contributed by atoms with Crippen molar-refractivity contribution in [3.8, 4) is 0 Å². The van der Waals surface area contributed by atoms with E-state index in [4.69, 9.17) is 18.0 Å². The van der Waals surface area contributed by atoms with Crippen LogP contribution < -0.4 is 5.73 Å². The van der Waals surface area contributed by atoms with E-state index in [0.29, 0.717) is 18.0 Å². The molecule has 0 atom stereocenters. The van der Waals surface area contributed by atoms with Gasteiger partial charge in [-0.3, -0.25) is 4.79 Å². The summed E-state index contributed by atoms with van der Waals surface area (Å²) in [6.07, 6.45) is 7.18. The molecule has 4 heteroatoms. The summed E-state index contributed by atoms with van der Waals surface area (Å²) in [7, 11) is 0. The Morgan fingerprint density at radius 2 is 1.74 bits per heavy atom. The molecule has 0 unspecified atom stereocenters. The maximum Gasteiger partial charge on any atom is 0.225 e. The number of amides is 1. The third-order valence-corrected chi connectivity index (χ3v) is 3.76. The average Bonchev–Trinajstić information content (AvgIpc) is 2.38. The molecule has 3 nitrogen and oxygen atoms in total. The van der Waals surface area contributed by atoms with Gasteiger partial charge < -0.3 is 10.6 Å². The smallest absolute Gasteiger partial charge is 0.225 e. The van der Waals surface area contributed by atoms with Gasteiger partial charge in [-0.05, 0) is 19.3 Å². The molecule has 0 saturated heterocycles. The Morgan fingerprint density at radius 3 is 2.21 bits per heavy atom. The fraction of sp³-hybridized carbons (Fsp3) is 0.867. The van der Waals surface area contributed by atoms with Crippen LogP contribution in [0, 0.1) is 5.92 Å². The highest BCUT2D eigenvalue weighted by atomic mass is 32.1. The molecule has 0 rings (SSSR count). The van der Waals surface area contributed by atoms with E-state index in [1.165, 1.54) is 19.3 Å². The van der Waals surface area contributed by atoms with Crippen LogP contribution in [0.3, 0.4) is 0 Å². The number of carbonyl (C=O) groups excluding carboxylic acids is 1. The van der Waals surface area contributed by atoms with E-state index in [0.717, 1.165) is 25.8 Å². The Morgan fingerprint density at radius 1 is 1.11 bits per heavy atom. The van der Waals surface area contributed by atoms with Gasteiger partial charge in [0.25, 0.3) is 0 Å². The van der Waals surface area contributed by atoms with Gasteiger partial charge >= 0.3 is 0 Å². The summed E-state index contributed by atoms with van der Waals surface area (Å²) in [4.78, 5) is 14.9. The van der Waals surface area contributed by atoms with Crippen LogP contribution in [0.5, 0.6) is 0 Å². The zero-order chi connectivity index (χ0) is 14.7. The highest BCUT2D eigenvalue weighted by Crippen LogP contribution is 2.13. The van der Waals surface area contributed by atoms with Crippen molar-refractivity contribution in [1.29, 1.82) is 0 Å². The summed E-state index contributed by atoms with van der Waals surface area (Å²) < 4.78 is 0. The molecule has 0 spiro atoms. The lowest BCUT2D eigenvalue weighted by Crippen LogP contribution is -2.38. The summed E-state index contributed by atoms with van der Waals surface area (Å²) in [5, 5.41) is 0. The molecule has 0 fully saturated rings. The molecule has 0 aromatic carbocycles. The Hall–Kier alpha value is -0.640. The van der Waals surface area contributed by atoms with E-state index in [9.17, 15) is 4.79 Å². The van der Waals surface area contributed by atoms with Gasteiger partial charge in [0.05, 0.1) is 4.99 Å². The molecule has 0 heterocycles. The van der Waals surface area contributed by atoms with Gasteiger partial charge in [0.1, 0.15) is 0 Å². The molecule has 0 saturated carbocycles. The quantitative estimate of drug-likeness (QED) is 0.467. The maximum absolute atomic E-state index is 12.4. The molecule has 0 radical (unpaired) electrons. The van der Waals surface area contributed by atoms with Gasteiger partial charge in [0.15, 0.2) is 0 Å². The lowest BCUT2D eigenvalue weighted by Gasteiger charge is -2.26. The van der Waals surface area contributed by atoms with Crippen LogP contribution >= 0.6 is 12.2 Å². The monoisotopic (exact) mass is 286 g/mol. The number of nitrogens with two attached hydrogens (primary N) is 1. The van der Waals surface area contributed by atoms with Crippen LogP contribution in [0.2, 0.25) is 0 Å². The lowest BCUT2D eigenvalue weighted by molar-refractivity contribution is -0.135. The van der Waals surface area contributed by atoms with Crippen molar-refractivity contribution in [2.45, 2.75) is 65.7 Å². The van der Waals surface area contributed by atoms with Gasteiger partial charge in [-0.2, -0.15) is 0 Å². The zero-order valence-electron chi connectivity index (χ0n) is 12.8. The molecular weight excluding hydrogens is 256 g/mol. The molecule has 0 aliphatic carbocycles. The highest BCUT2D eigenvalue weighted by Gasteiger charge is 2.20. The summed E-state index contributed by atoms with van der Waals surface area (Å²) in [6.45, 7) is 7.87. The van der Waals surface area contributed by atoms with Crippen LogP contribution in [0.25, 0.3) is 0 Å². The lowest BCUT2D eigenvalue weighted by atomic mass is 10.0. The Balaban J connectivity index is 4.37. The molecule has 112 valence electrons. The Labute approximate surface area is 123 Å². The third-order valence-electron chi connectivity index (χ3n) is 3.56. The largest absolute Gasteiger partial charge is 0.393 e. The number of hydrogen-bond acceptors (Lipinski definition) is 2. The first-order chi connectivity index (χ1) is 9.06. The second-order valence-electron chi connectivity index (χ2n) is 5.12. The topological polar surface area (TPSA) is 46.3 Å². The predicted octanol–water partition coefficient (Wildman–Crippen LogP) is 3.51. The minimum absolute atomic E-state index is 0.150. The summed E-state index contributed by atoms with van der Waals surface area (Å²) in [5.74, 6) is 0.426. The molecule has 0 aromatic rings. The number of hydrogen-bond donors (Lipinski definition) is 1. The maximum atomic E-state index is 12.4. The first-order valence-corrected chi connectivity index (χ1v) is 8.04. The molecule has 0 bridgehead atoms. The van der Waals surface area contributed by atoms with Crippen molar-refractivity contribution >= 4 is 23.1 Å². The molecule has 2 N–H and O–H groups in total. The van der Waals surface area contributed by atoms with Crippen molar-refractivity contribution in [3.05, 3.63) is 0 Å². The highest BCUT2D eigenvalue weighted by molar-refractivity contribution is 7.80. The average molecular weight is 286 g/mol. The minimum atomic E-state index is 0.150. The van der Waals surface area contributed by atoms with Gasteiger partial charge in [0.2, 0.25) is 5.91 Å². The van der Waals surface area contributed by atoms with Crippen LogP contribution in [0.15, 0.2) is 0 Å². The van der Waals surface area contributed by atoms with Crippen molar-refractivity contribution in [2.75, 3.05) is 13.1 Å². The van der Waals surface area contributed by atoms with Crippen molar-refractivity contribution in [3.63, 3.8) is 0 Å². The van der Waals surface area contributed by atoms with E-state index in [2.05, 4.69) is 20.8 Å². The normalized spacial score (nSPS) is 10.7. The van der Waals surface area contributed by atoms with E-state index < -0.39 is 0 Å². The van der Waals surface area contributed by atoms with E-state index >= 15 is 0 Å². The van der Waals surface area contributed by atoms with Gasteiger partial charge in [0, 0.05) is 25.4 Å². The van der Waals surface area contributed by atoms with Gasteiger partial charge in [-0.1, -0.05) is 52.3 Å². The SMILES string of the molecule is CCCCCCN(CCC(N)=S)C(=O)C(CC)CC. The molecule has 0 aromatic heterocycles. The van der Waals surface area contributed by atoms with Crippen molar-refractivity contribution < 1.29 is 4.79 Å². The van der Waals surface area contributed by atoms with Crippen molar-refractivity contribution in [2.24, 2.45) is 11.7 Å². The van der Waals surface area contributed by atoms with Crippen molar-refractivity contribution in [1.82, 2.24) is 4.90 Å². The first-order valence-electron chi connectivity index (χ1n) is 7.63. The number of rotatable bonds is 11. The third kappa shape index (κ3) is 8.19. The van der Waals surface area contributed by atoms with Crippen LogP contribution in [-0.2, 0) is 4.79 Å². The minimum Gasteiger partial charge on any atom is -0.393 e. The zero-order valence-corrected chi connectivity index (χ0v) is 13.6. The summed E-state index contributed by atoms with van der Waals surface area (Å²) >= 11 is 4.92. The van der Waals surface area contributed by atoms with E-state index in [1.54, 1.807) is 0 Å². The second-order valence-corrected chi connectivity index (χ2v) is 5.64. The Bertz CT molecular complexity index is 265. The fourth-order valence-electron chi connectivity index (χ4n) is 2.20. The van der Waals surface area contributed by atoms with Gasteiger partial charge in [-0.25, -0.2) is 0 Å². The van der Waals surface area contributed by atoms with Gasteiger partial charge in [-0.15, -0.1) is 0 Å². The van der Waals surface area contributed by atoms with Crippen LogP contribution in [0.4, 0.5) is 0 Å². The number of nitrogens with zero attached hydrogens (tertiary/aromatic N) is 1. The Kier molecular flexibility index (Phi) is 10.8. The molecule has 19 heavy (non-hydrogen) atoms. The summed E-state index contributed by atoms with van der Waals surface area (Å²) in [5.41, 5.74) is 5.55. The first kappa shape index (κ1) is 18.4.